The molecule has 9 nitrogen and oxygen atoms in total. The summed E-state index contributed by atoms with van der Waals surface area (Å²) in [6.45, 7) is 0.657. The van der Waals surface area contributed by atoms with E-state index in [1.54, 1.807) is 4.68 Å². The van der Waals surface area contributed by atoms with E-state index in [4.69, 9.17) is 4.52 Å². The maximum atomic E-state index is 14.0. The Morgan fingerprint density at radius 2 is 2.07 bits per heavy atom. The number of likely N-dealkylation sites (tertiary alicyclic amines) is 1. The summed E-state index contributed by atoms with van der Waals surface area (Å²) < 4.78 is 48.7. The number of alkyl halides is 3. The fraction of sp³-hybridized carbons (Fsp3) is 0.688. The van der Waals surface area contributed by atoms with Crippen molar-refractivity contribution in [2.24, 2.45) is 0 Å². The van der Waals surface area contributed by atoms with E-state index < -0.39 is 29.9 Å². The highest BCUT2D eigenvalue weighted by Gasteiger charge is 2.63. The third kappa shape index (κ3) is 2.65. The Balaban J connectivity index is 1.42. The lowest BCUT2D eigenvalue weighted by Crippen LogP contribution is -2.46. The zero-order chi connectivity index (χ0) is 19.5. The van der Waals surface area contributed by atoms with Crippen molar-refractivity contribution in [2.75, 3.05) is 25.0 Å². The molecule has 3 aliphatic rings. The van der Waals surface area contributed by atoms with Crippen molar-refractivity contribution in [1.82, 2.24) is 29.8 Å². The van der Waals surface area contributed by atoms with Crippen molar-refractivity contribution in [3.8, 4) is 0 Å². The normalized spacial score (nSPS) is 24.9. The molecule has 28 heavy (non-hydrogen) atoms. The Labute approximate surface area is 157 Å². The molecular formula is C16H18F3N7O2. The van der Waals surface area contributed by atoms with E-state index in [1.165, 1.54) is 0 Å². The topological polar surface area (TPSA) is 102 Å². The highest BCUT2D eigenvalue weighted by Crippen LogP contribution is 2.48. The van der Waals surface area contributed by atoms with Crippen molar-refractivity contribution in [2.45, 2.75) is 49.7 Å². The molecule has 1 N–H and O–H groups in total. The monoisotopic (exact) mass is 397 g/mol. The van der Waals surface area contributed by atoms with Crippen molar-refractivity contribution in [3.63, 3.8) is 0 Å². The fourth-order valence-corrected chi connectivity index (χ4v) is 3.74. The molecule has 5 rings (SSSR count). The first-order valence-corrected chi connectivity index (χ1v) is 9.26. The van der Waals surface area contributed by atoms with Crippen molar-refractivity contribution >= 4 is 11.9 Å². The van der Waals surface area contributed by atoms with Gasteiger partial charge < -0.3 is 14.7 Å². The lowest BCUT2D eigenvalue weighted by molar-refractivity contribution is -0.193. The number of aromatic nitrogens is 5. The van der Waals surface area contributed by atoms with Crippen LogP contribution in [0.3, 0.4) is 0 Å². The number of amides is 1. The second-order valence-electron chi connectivity index (χ2n) is 7.55. The summed E-state index contributed by atoms with van der Waals surface area (Å²) in [5, 5.41) is 10.9. The summed E-state index contributed by atoms with van der Waals surface area (Å²) in [5.41, 5.74) is -2.36. The summed E-state index contributed by atoms with van der Waals surface area (Å²) in [5.74, 6) is -0.338. The van der Waals surface area contributed by atoms with Crippen LogP contribution in [0.4, 0.5) is 19.1 Å². The van der Waals surface area contributed by atoms with Gasteiger partial charge in [0.15, 0.2) is 11.2 Å². The van der Waals surface area contributed by atoms with Gasteiger partial charge in [-0.3, -0.25) is 4.79 Å². The third-order valence-corrected chi connectivity index (χ3v) is 5.59. The molecule has 0 spiro atoms. The van der Waals surface area contributed by atoms with E-state index >= 15 is 0 Å². The van der Waals surface area contributed by atoms with Crippen LogP contribution in [0.25, 0.3) is 0 Å². The van der Waals surface area contributed by atoms with E-state index in [2.05, 4.69) is 25.5 Å². The van der Waals surface area contributed by atoms with Crippen molar-refractivity contribution in [3.05, 3.63) is 17.5 Å². The second-order valence-corrected chi connectivity index (χ2v) is 7.55. The van der Waals surface area contributed by atoms with Crippen LogP contribution >= 0.6 is 0 Å². The zero-order valence-corrected chi connectivity index (χ0v) is 14.9. The molecular weight excluding hydrogens is 379 g/mol. The predicted molar refractivity (Wildman–Crippen MR) is 87.7 cm³/mol. The van der Waals surface area contributed by atoms with Gasteiger partial charge in [-0.2, -0.15) is 23.1 Å². The van der Waals surface area contributed by atoms with Crippen LogP contribution in [0, 0.1) is 0 Å². The third-order valence-electron chi connectivity index (χ3n) is 5.59. The summed E-state index contributed by atoms with van der Waals surface area (Å²) in [6, 6.07) is 0. The number of anilines is 1. The number of carbonyl (C=O) groups is 1. The van der Waals surface area contributed by atoms with E-state index in [0.717, 1.165) is 24.2 Å². The highest BCUT2D eigenvalue weighted by molar-refractivity contribution is 5.91. The summed E-state index contributed by atoms with van der Waals surface area (Å²) in [6.07, 6.45) is -2.41. The first-order chi connectivity index (χ1) is 13.4. The van der Waals surface area contributed by atoms with Gasteiger partial charge in [0.05, 0.1) is 0 Å². The molecule has 2 aliphatic heterocycles. The average Bonchev–Trinajstić information content (AvgIpc) is 3.11. The number of hydrogen-bond acceptors (Lipinski definition) is 7. The minimum atomic E-state index is -4.63. The van der Waals surface area contributed by atoms with Crippen LogP contribution in [0.5, 0.6) is 0 Å². The van der Waals surface area contributed by atoms with Crippen LogP contribution in [-0.4, -0.2) is 61.5 Å². The smallest absolute Gasteiger partial charge is 0.354 e. The minimum absolute atomic E-state index is 0.0792. The molecule has 1 unspecified atom stereocenters. The molecule has 4 heterocycles. The number of nitrogens with one attached hydrogen (secondary N) is 1. The molecule has 1 atom stereocenters. The Morgan fingerprint density at radius 3 is 2.79 bits per heavy atom. The SMILES string of the molecule is O=C(c1nc2n(n1)CCCN2)N1CCC(c2nc(C3CC3)no2)(C(F)(F)F)C1. The first-order valence-electron chi connectivity index (χ1n) is 9.26. The average molecular weight is 397 g/mol. The van der Waals surface area contributed by atoms with E-state index in [-0.39, 0.29) is 24.7 Å². The molecule has 2 aromatic rings. The number of fused-ring (bicyclic) bond motifs is 1. The standard InChI is InChI=1S/C16H18F3N7O2/c17-16(18,19)15(13-21-10(24-28-13)9-2-3-9)4-7-25(8-15)12(27)11-22-14-20-5-1-6-26(14)23-11/h9H,1-8H2,(H,20,22,23). The Hall–Kier alpha value is -2.66. The number of rotatable bonds is 3. The number of aryl methyl sites for hydroxylation is 1. The molecule has 2 aromatic heterocycles. The number of halogens is 3. The zero-order valence-electron chi connectivity index (χ0n) is 14.9. The summed E-state index contributed by atoms with van der Waals surface area (Å²) in [7, 11) is 0. The van der Waals surface area contributed by atoms with Gasteiger partial charge in [-0.1, -0.05) is 5.16 Å². The van der Waals surface area contributed by atoms with Gasteiger partial charge in [0.1, 0.15) is 0 Å². The molecule has 0 aromatic carbocycles. The van der Waals surface area contributed by atoms with Gasteiger partial charge in [0, 0.05) is 32.1 Å². The number of hydrogen-bond donors (Lipinski definition) is 1. The maximum Gasteiger partial charge on any atom is 0.405 e. The van der Waals surface area contributed by atoms with Gasteiger partial charge in [0.2, 0.25) is 17.7 Å². The lowest BCUT2D eigenvalue weighted by Gasteiger charge is -2.27. The molecule has 2 fully saturated rings. The van der Waals surface area contributed by atoms with E-state index in [0.29, 0.717) is 24.9 Å². The number of carbonyl (C=O) groups excluding carboxylic acids is 1. The maximum absolute atomic E-state index is 14.0. The molecule has 1 amide bonds. The lowest BCUT2D eigenvalue weighted by atomic mass is 9.86. The van der Waals surface area contributed by atoms with Crippen LogP contribution in [0.2, 0.25) is 0 Å². The summed E-state index contributed by atoms with van der Waals surface area (Å²) >= 11 is 0. The van der Waals surface area contributed by atoms with E-state index in [1.807, 2.05) is 0 Å². The number of nitrogens with zero attached hydrogens (tertiary/aromatic N) is 6. The Kier molecular flexibility index (Phi) is 3.68. The quantitative estimate of drug-likeness (QED) is 0.841. The predicted octanol–water partition coefficient (Wildman–Crippen LogP) is 1.70. The molecule has 1 aliphatic carbocycles. The van der Waals surface area contributed by atoms with Crippen LogP contribution < -0.4 is 5.32 Å². The first kappa shape index (κ1) is 17.4. The molecule has 12 heteroatoms. The Morgan fingerprint density at radius 1 is 1.25 bits per heavy atom. The fourth-order valence-electron chi connectivity index (χ4n) is 3.74. The minimum Gasteiger partial charge on any atom is -0.354 e. The van der Waals surface area contributed by atoms with Crippen LogP contribution in [-0.2, 0) is 12.0 Å². The van der Waals surface area contributed by atoms with Gasteiger partial charge in [-0.15, -0.1) is 5.10 Å². The van der Waals surface area contributed by atoms with E-state index in [9.17, 15) is 18.0 Å². The second kappa shape index (κ2) is 5.92. The molecule has 1 saturated carbocycles. The van der Waals surface area contributed by atoms with Crippen molar-refractivity contribution in [1.29, 1.82) is 0 Å². The molecule has 1 saturated heterocycles. The summed E-state index contributed by atoms with van der Waals surface area (Å²) in [4.78, 5) is 22.0. The van der Waals surface area contributed by atoms with Gasteiger partial charge in [-0.25, -0.2) is 4.68 Å². The van der Waals surface area contributed by atoms with Gasteiger partial charge >= 0.3 is 6.18 Å². The highest BCUT2D eigenvalue weighted by atomic mass is 19.4. The molecule has 150 valence electrons. The molecule has 0 radical (unpaired) electrons. The van der Waals surface area contributed by atoms with Crippen LogP contribution in [0.1, 0.15) is 53.9 Å². The largest absolute Gasteiger partial charge is 0.405 e. The van der Waals surface area contributed by atoms with Crippen molar-refractivity contribution < 1.29 is 22.5 Å². The van der Waals surface area contributed by atoms with Crippen LogP contribution in [0.15, 0.2) is 4.52 Å². The van der Waals surface area contributed by atoms with Gasteiger partial charge in [0.25, 0.3) is 5.91 Å². The molecule has 0 bridgehead atoms. The van der Waals surface area contributed by atoms with Gasteiger partial charge in [-0.05, 0) is 25.7 Å². The Bertz CT molecular complexity index is 896.